The van der Waals surface area contributed by atoms with Gasteiger partial charge in [-0.05, 0) is 61.5 Å². The first-order chi connectivity index (χ1) is 9.22. The third kappa shape index (κ3) is 2.77. The quantitative estimate of drug-likeness (QED) is 0.838. The third-order valence-electron chi connectivity index (χ3n) is 3.96. The fraction of sp³-hybridized carbons (Fsp3) is 0.571. The average Bonchev–Trinajstić information content (AvgIpc) is 2.98. The Morgan fingerprint density at radius 1 is 1.37 bits per heavy atom. The van der Waals surface area contributed by atoms with Crippen molar-refractivity contribution in [2.75, 3.05) is 27.2 Å². The van der Waals surface area contributed by atoms with Crippen molar-refractivity contribution in [2.24, 2.45) is 0 Å². The molecule has 1 aromatic carbocycles. The molecule has 0 amide bonds. The molecule has 0 bridgehead atoms. The van der Waals surface area contributed by atoms with Gasteiger partial charge in [-0.1, -0.05) is 6.07 Å². The molecular weight excluding hydrogens is 240 g/mol. The molecule has 1 atom stereocenters. The number of nitrogens with zero attached hydrogens (tertiary/aromatic N) is 4. The summed E-state index contributed by atoms with van der Waals surface area (Å²) in [5.74, 6) is 0. The van der Waals surface area contributed by atoms with Gasteiger partial charge in [-0.2, -0.15) is 0 Å². The summed E-state index contributed by atoms with van der Waals surface area (Å²) in [6.45, 7) is 3.29. The van der Waals surface area contributed by atoms with Crippen LogP contribution in [0.1, 0.15) is 18.4 Å². The molecule has 1 fully saturated rings. The second-order valence-electron chi connectivity index (χ2n) is 5.56. The van der Waals surface area contributed by atoms with E-state index in [-0.39, 0.29) is 0 Å². The molecule has 0 unspecified atom stereocenters. The van der Waals surface area contributed by atoms with Crippen LogP contribution in [0.15, 0.2) is 22.8 Å². The van der Waals surface area contributed by atoms with Crippen molar-refractivity contribution in [2.45, 2.75) is 25.4 Å². The summed E-state index contributed by atoms with van der Waals surface area (Å²) in [6.07, 6.45) is 2.64. The van der Waals surface area contributed by atoms with Gasteiger partial charge in [0.05, 0.1) is 0 Å². The Labute approximate surface area is 113 Å². The van der Waals surface area contributed by atoms with Gasteiger partial charge in [0, 0.05) is 19.1 Å². The van der Waals surface area contributed by atoms with E-state index < -0.39 is 0 Å². The Bertz CT molecular complexity index is 553. The van der Waals surface area contributed by atoms with E-state index >= 15 is 0 Å². The Balaban J connectivity index is 1.63. The lowest BCUT2D eigenvalue weighted by molar-refractivity contribution is 0.215. The predicted molar refractivity (Wildman–Crippen MR) is 73.8 cm³/mol. The maximum Gasteiger partial charge on any atom is 0.135 e. The highest BCUT2D eigenvalue weighted by Gasteiger charge is 2.21. The summed E-state index contributed by atoms with van der Waals surface area (Å²) in [5.41, 5.74) is 2.91. The number of likely N-dealkylation sites (tertiary alicyclic amines) is 1. The van der Waals surface area contributed by atoms with E-state index in [4.69, 9.17) is 4.63 Å². The third-order valence-corrected chi connectivity index (χ3v) is 3.96. The molecule has 0 radical (unpaired) electrons. The largest absolute Gasteiger partial charge is 0.302 e. The summed E-state index contributed by atoms with van der Waals surface area (Å²) in [6, 6.07) is 6.82. The number of hydrogen-bond acceptors (Lipinski definition) is 5. The molecule has 19 heavy (non-hydrogen) atoms. The van der Waals surface area contributed by atoms with E-state index in [1.807, 2.05) is 6.07 Å². The van der Waals surface area contributed by atoms with Gasteiger partial charge in [0.2, 0.25) is 0 Å². The van der Waals surface area contributed by atoms with Gasteiger partial charge >= 0.3 is 0 Å². The lowest BCUT2D eigenvalue weighted by Gasteiger charge is -2.25. The number of likely N-dealkylation sites (N-methyl/N-ethyl adjacent to an activating group) is 2. The molecule has 1 aliphatic rings. The van der Waals surface area contributed by atoms with Crippen LogP contribution in [-0.2, 0) is 6.54 Å². The smallest absolute Gasteiger partial charge is 0.135 e. The molecule has 1 saturated heterocycles. The molecule has 3 rings (SSSR count). The molecule has 102 valence electrons. The second kappa shape index (κ2) is 5.27. The van der Waals surface area contributed by atoms with Crippen molar-refractivity contribution >= 4 is 11.0 Å². The Hall–Kier alpha value is -1.46. The van der Waals surface area contributed by atoms with Crippen molar-refractivity contribution < 1.29 is 4.63 Å². The first-order valence-electron chi connectivity index (χ1n) is 6.82. The summed E-state index contributed by atoms with van der Waals surface area (Å²) >= 11 is 0. The maximum atomic E-state index is 4.73. The molecule has 0 aliphatic carbocycles. The normalized spacial score (nSPS) is 20.7. The summed E-state index contributed by atoms with van der Waals surface area (Å²) < 4.78 is 4.73. The topological polar surface area (TPSA) is 45.4 Å². The van der Waals surface area contributed by atoms with Crippen LogP contribution >= 0.6 is 0 Å². The SMILES string of the molecule is CN(Cc1ccc2nonc2c1)C[C@H]1CCCN1C. The van der Waals surface area contributed by atoms with Gasteiger partial charge in [-0.3, -0.25) is 0 Å². The Kier molecular flexibility index (Phi) is 3.48. The van der Waals surface area contributed by atoms with Gasteiger partial charge < -0.3 is 9.80 Å². The molecule has 0 saturated carbocycles. The summed E-state index contributed by atoms with van der Waals surface area (Å²) in [4.78, 5) is 4.84. The molecule has 2 aromatic rings. The Morgan fingerprint density at radius 2 is 2.21 bits per heavy atom. The number of aromatic nitrogens is 2. The van der Waals surface area contributed by atoms with Crippen LogP contribution in [0.4, 0.5) is 0 Å². The molecule has 5 heteroatoms. The summed E-state index contributed by atoms with van der Waals surface area (Å²) in [5, 5.41) is 7.71. The van der Waals surface area contributed by atoms with Crippen molar-refractivity contribution in [1.82, 2.24) is 20.1 Å². The molecular formula is C14H20N4O. The second-order valence-corrected chi connectivity index (χ2v) is 5.56. The van der Waals surface area contributed by atoms with Crippen LogP contribution in [0, 0.1) is 0 Å². The highest BCUT2D eigenvalue weighted by Crippen LogP contribution is 2.17. The van der Waals surface area contributed by atoms with Crippen molar-refractivity contribution in [3.8, 4) is 0 Å². The van der Waals surface area contributed by atoms with E-state index in [0.29, 0.717) is 6.04 Å². The van der Waals surface area contributed by atoms with Gasteiger partial charge in [0.25, 0.3) is 0 Å². The first kappa shape index (κ1) is 12.6. The standard InChI is InChI=1S/C14H20N4O/c1-17(10-12-4-3-7-18(12)2)9-11-5-6-13-14(8-11)16-19-15-13/h5-6,8,12H,3-4,7,9-10H2,1-2H3/t12-/m1/s1. The lowest BCUT2D eigenvalue weighted by atomic mass is 10.1. The highest BCUT2D eigenvalue weighted by molar-refractivity contribution is 5.73. The van der Waals surface area contributed by atoms with Crippen LogP contribution in [0.25, 0.3) is 11.0 Å². The fourth-order valence-corrected chi connectivity index (χ4v) is 2.87. The highest BCUT2D eigenvalue weighted by atomic mass is 16.6. The maximum absolute atomic E-state index is 4.73. The number of hydrogen-bond donors (Lipinski definition) is 0. The van der Waals surface area contributed by atoms with Crippen molar-refractivity contribution in [1.29, 1.82) is 0 Å². The predicted octanol–water partition coefficient (Wildman–Crippen LogP) is 1.75. The molecule has 2 heterocycles. The van der Waals surface area contributed by atoms with E-state index in [2.05, 4.69) is 46.3 Å². The van der Waals surface area contributed by atoms with E-state index in [1.165, 1.54) is 24.9 Å². The van der Waals surface area contributed by atoms with E-state index in [9.17, 15) is 0 Å². The zero-order chi connectivity index (χ0) is 13.2. The van der Waals surface area contributed by atoms with Crippen LogP contribution in [-0.4, -0.2) is 53.3 Å². The molecule has 0 spiro atoms. The van der Waals surface area contributed by atoms with Crippen LogP contribution in [0.3, 0.4) is 0 Å². The van der Waals surface area contributed by atoms with Gasteiger partial charge in [-0.25, -0.2) is 4.63 Å². The van der Waals surface area contributed by atoms with E-state index in [0.717, 1.165) is 24.1 Å². The number of fused-ring (bicyclic) bond motifs is 1. The number of benzene rings is 1. The zero-order valence-electron chi connectivity index (χ0n) is 11.5. The minimum Gasteiger partial charge on any atom is -0.302 e. The van der Waals surface area contributed by atoms with Crippen LogP contribution in [0.5, 0.6) is 0 Å². The minimum atomic E-state index is 0.697. The Morgan fingerprint density at radius 3 is 3.00 bits per heavy atom. The minimum absolute atomic E-state index is 0.697. The van der Waals surface area contributed by atoms with Gasteiger partial charge in [-0.15, -0.1) is 0 Å². The van der Waals surface area contributed by atoms with Gasteiger partial charge in [0.1, 0.15) is 11.0 Å². The monoisotopic (exact) mass is 260 g/mol. The van der Waals surface area contributed by atoms with Crippen LogP contribution in [0.2, 0.25) is 0 Å². The van der Waals surface area contributed by atoms with Gasteiger partial charge in [0.15, 0.2) is 0 Å². The lowest BCUT2D eigenvalue weighted by Crippen LogP contribution is -2.36. The molecule has 0 N–H and O–H groups in total. The van der Waals surface area contributed by atoms with E-state index in [1.54, 1.807) is 0 Å². The fourth-order valence-electron chi connectivity index (χ4n) is 2.87. The van der Waals surface area contributed by atoms with Crippen LogP contribution < -0.4 is 0 Å². The van der Waals surface area contributed by atoms with Crippen molar-refractivity contribution in [3.05, 3.63) is 23.8 Å². The summed E-state index contributed by atoms with van der Waals surface area (Å²) in [7, 11) is 4.40. The zero-order valence-corrected chi connectivity index (χ0v) is 11.5. The molecule has 1 aliphatic heterocycles. The molecule has 1 aromatic heterocycles. The molecule has 5 nitrogen and oxygen atoms in total. The first-order valence-corrected chi connectivity index (χ1v) is 6.82. The number of rotatable bonds is 4. The van der Waals surface area contributed by atoms with Crippen molar-refractivity contribution in [3.63, 3.8) is 0 Å². The average molecular weight is 260 g/mol.